The smallest absolute Gasteiger partial charge is 0.255 e. The van der Waals surface area contributed by atoms with Crippen LogP contribution in [0.25, 0.3) is 0 Å². The minimum Gasteiger partial charge on any atom is -0.367 e. The van der Waals surface area contributed by atoms with E-state index in [1.165, 1.54) is 0 Å². The van der Waals surface area contributed by atoms with Crippen LogP contribution in [0.5, 0.6) is 0 Å². The molecule has 17 heavy (non-hydrogen) atoms. The first-order chi connectivity index (χ1) is 8.22. The maximum absolute atomic E-state index is 11.7. The lowest BCUT2D eigenvalue weighted by molar-refractivity contribution is -0.0459. The molecule has 1 aliphatic carbocycles. The molecule has 0 radical (unpaired) electrons. The number of aromatic nitrogens is 2. The van der Waals surface area contributed by atoms with Gasteiger partial charge in [-0.2, -0.15) is 0 Å². The van der Waals surface area contributed by atoms with Gasteiger partial charge in [-0.25, -0.2) is 4.98 Å². The van der Waals surface area contributed by atoms with Crippen molar-refractivity contribution < 1.29 is 4.74 Å². The van der Waals surface area contributed by atoms with E-state index < -0.39 is 0 Å². The molecule has 5 nitrogen and oxygen atoms in total. The Hall–Kier alpha value is -1.20. The van der Waals surface area contributed by atoms with Crippen molar-refractivity contribution in [3.63, 3.8) is 0 Å². The average molecular weight is 237 g/mol. The molecule has 1 fully saturated rings. The molecule has 1 aromatic rings. The standard InChI is InChI=1S/C12H19N3O2/c1-2-17-12(5-3-4-6-12)11-14-8-9(7-13)10(16)15-11/h8H,2-7,13H2,1H3,(H,14,15,16). The largest absolute Gasteiger partial charge is 0.367 e. The molecule has 0 aliphatic heterocycles. The van der Waals surface area contributed by atoms with Gasteiger partial charge in [0.05, 0.1) is 0 Å². The first kappa shape index (κ1) is 12.3. The quantitative estimate of drug-likeness (QED) is 0.819. The maximum Gasteiger partial charge on any atom is 0.255 e. The van der Waals surface area contributed by atoms with Gasteiger partial charge in [0.15, 0.2) is 0 Å². The Kier molecular flexibility index (Phi) is 3.59. The van der Waals surface area contributed by atoms with Crippen LogP contribution in [-0.2, 0) is 16.9 Å². The summed E-state index contributed by atoms with van der Waals surface area (Å²) in [6, 6.07) is 0. The molecule has 0 aromatic carbocycles. The van der Waals surface area contributed by atoms with Crippen LogP contribution in [0.4, 0.5) is 0 Å². The topological polar surface area (TPSA) is 81.0 Å². The summed E-state index contributed by atoms with van der Waals surface area (Å²) >= 11 is 0. The molecule has 0 bridgehead atoms. The summed E-state index contributed by atoms with van der Waals surface area (Å²) in [6.45, 7) is 2.80. The average Bonchev–Trinajstić information content (AvgIpc) is 2.79. The van der Waals surface area contributed by atoms with E-state index in [1.54, 1.807) is 6.20 Å². The number of ether oxygens (including phenoxy) is 1. The van der Waals surface area contributed by atoms with Gasteiger partial charge in [0.25, 0.3) is 5.56 Å². The Bertz CT molecular complexity index is 436. The lowest BCUT2D eigenvalue weighted by atomic mass is 10.0. The lowest BCUT2D eigenvalue weighted by Crippen LogP contribution is -2.32. The Morgan fingerprint density at radius 3 is 2.76 bits per heavy atom. The first-order valence-electron chi connectivity index (χ1n) is 6.14. The summed E-state index contributed by atoms with van der Waals surface area (Å²) in [7, 11) is 0. The third-order valence-corrected chi connectivity index (χ3v) is 3.36. The van der Waals surface area contributed by atoms with Crippen molar-refractivity contribution in [2.45, 2.75) is 44.8 Å². The molecule has 1 heterocycles. The molecule has 1 aliphatic rings. The highest BCUT2D eigenvalue weighted by atomic mass is 16.5. The highest BCUT2D eigenvalue weighted by Gasteiger charge is 2.38. The molecular formula is C12H19N3O2. The molecule has 94 valence electrons. The molecular weight excluding hydrogens is 218 g/mol. The molecule has 0 atom stereocenters. The van der Waals surface area contributed by atoms with Gasteiger partial charge in [0.2, 0.25) is 0 Å². The van der Waals surface area contributed by atoms with E-state index in [0.717, 1.165) is 25.7 Å². The van der Waals surface area contributed by atoms with Gasteiger partial charge in [0, 0.05) is 24.9 Å². The van der Waals surface area contributed by atoms with Gasteiger partial charge in [0.1, 0.15) is 11.4 Å². The Balaban J connectivity index is 2.37. The van der Waals surface area contributed by atoms with Crippen molar-refractivity contribution in [2.24, 2.45) is 5.73 Å². The van der Waals surface area contributed by atoms with Gasteiger partial charge in [-0.05, 0) is 32.6 Å². The Morgan fingerprint density at radius 1 is 1.53 bits per heavy atom. The van der Waals surface area contributed by atoms with Crippen molar-refractivity contribution in [1.29, 1.82) is 0 Å². The molecule has 1 aromatic heterocycles. The Morgan fingerprint density at radius 2 is 2.24 bits per heavy atom. The summed E-state index contributed by atoms with van der Waals surface area (Å²) in [5.74, 6) is 0.652. The molecule has 2 rings (SSSR count). The number of hydrogen-bond acceptors (Lipinski definition) is 4. The van der Waals surface area contributed by atoms with Crippen molar-refractivity contribution in [1.82, 2.24) is 9.97 Å². The number of hydrogen-bond donors (Lipinski definition) is 2. The van der Waals surface area contributed by atoms with Gasteiger partial charge < -0.3 is 15.5 Å². The second-order valence-corrected chi connectivity index (χ2v) is 4.42. The van der Waals surface area contributed by atoms with Gasteiger partial charge in [-0.1, -0.05) is 0 Å². The normalized spacial score (nSPS) is 18.5. The summed E-state index contributed by atoms with van der Waals surface area (Å²) < 4.78 is 5.84. The van der Waals surface area contributed by atoms with Crippen molar-refractivity contribution in [2.75, 3.05) is 6.61 Å². The number of H-pyrrole nitrogens is 1. The van der Waals surface area contributed by atoms with Gasteiger partial charge in [-0.3, -0.25) is 4.79 Å². The zero-order valence-electron chi connectivity index (χ0n) is 10.2. The van der Waals surface area contributed by atoms with E-state index in [9.17, 15) is 4.79 Å². The van der Waals surface area contributed by atoms with E-state index >= 15 is 0 Å². The van der Waals surface area contributed by atoms with Crippen LogP contribution >= 0.6 is 0 Å². The number of nitrogens with zero attached hydrogens (tertiary/aromatic N) is 1. The third kappa shape index (κ3) is 2.25. The molecule has 1 saturated carbocycles. The van der Waals surface area contributed by atoms with Crippen LogP contribution in [0.3, 0.4) is 0 Å². The van der Waals surface area contributed by atoms with Gasteiger partial charge >= 0.3 is 0 Å². The van der Waals surface area contributed by atoms with E-state index in [1.807, 2.05) is 6.92 Å². The molecule has 0 saturated heterocycles. The van der Waals surface area contributed by atoms with Crippen molar-refractivity contribution >= 4 is 0 Å². The lowest BCUT2D eigenvalue weighted by Gasteiger charge is -2.27. The van der Waals surface area contributed by atoms with Crippen molar-refractivity contribution in [3.05, 3.63) is 27.9 Å². The molecule has 5 heteroatoms. The molecule has 0 unspecified atom stereocenters. The van der Waals surface area contributed by atoms with Crippen LogP contribution in [0.15, 0.2) is 11.0 Å². The zero-order chi connectivity index (χ0) is 12.3. The fourth-order valence-electron chi connectivity index (χ4n) is 2.47. The monoisotopic (exact) mass is 237 g/mol. The first-order valence-corrected chi connectivity index (χ1v) is 6.14. The summed E-state index contributed by atoms with van der Waals surface area (Å²) in [4.78, 5) is 18.9. The van der Waals surface area contributed by atoms with Gasteiger partial charge in [-0.15, -0.1) is 0 Å². The zero-order valence-corrected chi connectivity index (χ0v) is 10.2. The molecule has 3 N–H and O–H groups in total. The highest BCUT2D eigenvalue weighted by Crippen LogP contribution is 2.39. The predicted octanol–water partition coefficient (Wildman–Crippen LogP) is 1.03. The third-order valence-electron chi connectivity index (χ3n) is 3.36. The predicted molar refractivity (Wildman–Crippen MR) is 64.5 cm³/mol. The second-order valence-electron chi connectivity index (χ2n) is 4.42. The summed E-state index contributed by atoms with van der Waals surface area (Å²) in [5, 5.41) is 0. The van der Waals surface area contributed by atoms with Crippen molar-refractivity contribution in [3.8, 4) is 0 Å². The molecule has 0 amide bonds. The number of nitrogens with two attached hydrogens (primary N) is 1. The molecule has 0 spiro atoms. The fraction of sp³-hybridized carbons (Fsp3) is 0.667. The van der Waals surface area contributed by atoms with E-state index in [0.29, 0.717) is 18.0 Å². The number of rotatable bonds is 4. The maximum atomic E-state index is 11.7. The van der Waals surface area contributed by atoms with Crippen LogP contribution in [0, 0.1) is 0 Å². The minimum atomic E-state index is -0.388. The number of aromatic amines is 1. The van der Waals surface area contributed by atoms with E-state index in [2.05, 4.69) is 9.97 Å². The SMILES string of the molecule is CCOC1(c2ncc(CN)c(=O)[nH]2)CCCC1. The summed E-state index contributed by atoms with van der Waals surface area (Å²) in [5.41, 5.74) is 5.43. The highest BCUT2D eigenvalue weighted by molar-refractivity contribution is 5.11. The Labute approximate surface area is 100 Å². The van der Waals surface area contributed by atoms with E-state index in [4.69, 9.17) is 10.5 Å². The van der Waals surface area contributed by atoms with E-state index in [-0.39, 0.29) is 17.7 Å². The fourth-order valence-corrected chi connectivity index (χ4v) is 2.47. The van der Waals surface area contributed by atoms with Crippen LogP contribution < -0.4 is 11.3 Å². The summed E-state index contributed by atoms with van der Waals surface area (Å²) in [6.07, 6.45) is 5.63. The second kappa shape index (κ2) is 4.98. The van der Waals surface area contributed by atoms with Crippen LogP contribution in [-0.4, -0.2) is 16.6 Å². The van der Waals surface area contributed by atoms with Crippen LogP contribution in [0.1, 0.15) is 44.0 Å². The minimum absolute atomic E-state index is 0.150. The number of nitrogens with one attached hydrogen (secondary N) is 1. The van der Waals surface area contributed by atoms with Crippen LogP contribution in [0.2, 0.25) is 0 Å².